The minimum absolute atomic E-state index is 0.298. The maximum atomic E-state index is 13.3. The summed E-state index contributed by atoms with van der Waals surface area (Å²) in [5.41, 5.74) is -0.227. The largest absolute Gasteiger partial charge is 0.416 e. The number of aliphatic hydroxyl groups excluding tert-OH is 1. The average Bonchev–Trinajstić information content (AvgIpc) is 2.63. The molecule has 7 heteroatoms. The molecule has 1 unspecified atom stereocenters. The van der Waals surface area contributed by atoms with E-state index in [-0.39, 0.29) is 0 Å². The quantitative estimate of drug-likeness (QED) is 0.335. The van der Waals surface area contributed by atoms with E-state index in [2.05, 4.69) is 12.2 Å². The second-order valence-corrected chi connectivity index (χ2v) is 7.62. The second kappa shape index (κ2) is 8.46. The Morgan fingerprint density at radius 3 is 2.39 bits per heavy atom. The Morgan fingerprint density at radius 1 is 1.00 bits per heavy atom. The first-order valence-electron chi connectivity index (χ1n) is 9.03. The standard InChI is InChI=1S/C21H20Cl2F3NO/c1-2-3-6-27-11-20(28)18-10-17-16(8-13(22)9-19(17)23)15-7-12(21(24,25)26)4-5-14(15)18/h4-5,7-10,20,27-28H,2-3,6,11H2,1H3. The second-order valence-electron chi connectivity index (χ2n) is 6.78. The number of benzene rings is 3. The molecule has 2 nitrogen and oxygen atoms in total. The van der Waals surface area contributed by atoms with Crippen LogP contribution in [0.4, 0.5) is 13.2 Å². The Hall–Kier alpha value is -1.53. The smallest absolute Gasteiger partial charge is 0.387 e. The fraction of sp³-hybridized carbons (Fsp3) is 0.333. The monoisotopic (exact) mass is 429 g/mol. The van der Waals surface area contributed by atoms with E-state index in [1.807, 2.05) is 0 Å². The van der Waals surface area contributed by atoms with Crippen LogP contribution in [0.2, 0.25) is 10.0 Å². The van der Waals surface area contributed by atoms with Crippen LogP contribution in [0.1, 0.15) is 37.0 Å². The zero-order valence-electron chi connectivity index (χ0n) is 15.2. The summed E-state index contributed by atoms with van der Waals surface area (Å²) in [5, 5.41) is 16.5. The van der Waals surface area contributed by atoms with Crippen LogP contribution in [0.15, 0.2) is 36.4 Å². The van der Waals surface area contributed by atoms with Crippen molar-refractivity contribution < 1.29 is 18.3 Å². The molecule has 3 rings (SSSR count). The van der Waals surface area contributed by atoms with Gasteiger partial charge in [-0.25, -0.2) is 0 Å². The number of hydrogen-bond donors (Lipinski definition) is 2. The molecule has 150 valence electrons. The van der Waals surface area contributed by atoms with Gasteiger partial charge in [0.2, 0.25) is 0 Å². The number of alkyl halides is 3. The number of halogens is 5. The van der Waals surface area contributed by atoms with Gasteiger partial charge in [-0.05, 0) is 65.0 Å². The van der Waals surface area contributed by atoms with Crippen molar-refractivity contribution in [2.75, 3.05) is 13.1 Å². The van der Waals surface area contributed by atoms with Gasteiger partial charge in [0.05, 0.1) is 11.7 Å². The molecule has 0 spiro atoms. The number of rotatable bonds is 6. The molecule has 0 aliphatic carbocycles. The van der Waals surface area contributed by atoms with Crippen LogP contribution in [0.5, 0.6) is 0 Å². The first-order chi connectivity index (χ1) is 13.2. The molecule has 0 aromatic heterocycles. The predicted molar refractivity (Wildman–Crippen MR) is 109 cm³/mol. The van der Waals surface area contributed by atoms with Crippen molar-refractivity contribution in [3.8, 4) is 0 Å². The Kier molecular flexibility index (Phi) is 6.40. The SMILES string of the molecule is CCCCNCC(O)c1cc2c(Cl)cc(Cl)cc2c2cc(C(F)(F)F)ccc12. The van der Waals surface area contributed by atoms with E-state index < -0.39 is 17.8 Å². The molecule has 0 saturated heterocycles. The Bertz CT molecular complexity index is 1000. The summed E-state index contributed by atoms with van der Waals surface area (Å²) in [4.78, 5) is 0. The third kappa shape index (κ3) is 4.38. The fourth-order valence-corrected chi connectivity index (χ4v) is 3.86. The zero-order valence-corrected chi connectivity index (χ0v) is 16.7. The lowest BCUT2D eigenvalue weighted by molar-refractivity contribution is -0.137. The molecule has 0 aliphatic heterocycles. The van der Waals surface area contributed by atoms with Crippen LogP contribution in [0.25, 0.3) is 21.5 Å². The highest BCUT2D eigenvalue weighted by Gasteiger charge is 2.31. The molecule has 3 aromatic carbocycles. The number of hydrogen-bond acceptors (Lipinski definition) is 2. The first-order valence-corrected chi connectivity index (χ1v) is 9.79. The van der Waals surface area contributed by atoms with Gasteiger partial charge in [-0.3, -0.25) is 0 Å². The van der Waals surface area contributed by atoms with Gasteiger partial charge in [0, 0.05) is 22.0 Å². The molecule has 28 heavy (non-hydrogen) atoms. The minimum Gasteiger partial charge on any atom is -0.387 e. The van der Waals surface area contributed by atoms with Crippen molar-refractivity contribution in [2.24, 2.45) is 0 Å². The van der Waals surface area contributed by atoms with Crippen LogP contribution in [0, 0.1) is 0 Å². The third-order valence-corrected chi connectivity index (χ3v) is 5.28. The van der Waals surface area contributed by atoms with E-state index in [4.69, 9.17) is 23.2 Å². The highest BCUT2D eigenvalue weighted by atomic mass is 35.5. The summed E-state index contributed by atoms with van der Waals surface area (Å²) in [5.74, 6) is 0. The van der Waals surface area contributed by atoms with Crippen molar-refractivity contribution in [3.05, 3.63) is 57.6 Å². The van der Waals surface area contributed by atoms with Gasteiger partial charge in [0.1, 0.15) is 0 Å². The molecular formula is C21H20Cl2F3NO. The Balaban J connectivity index is 2.20. The molecular weight excluding hydrogens is 410 g/mol. The van der Waals surface area contributed by atoms with E-state index in [0.29, 0.717) is 43.7 Å². The average molecular weight is 430 g/mol. The maximum Gasteiger partial charge on any atom is 0.416 e. The number of nitrogens with one attached hydrogen (secondary N) is 1. The maximum absolute atomic E-state index is 13.3. The highest BCUT2D eigenvalue weighted by molar-refractivity contribution is 6.39. The van der Waals surface area contributed by atoms with Crippen molar-refractivity contribution in [1.29, 1.82) is 0 Å². The van der Waals surface area contributed by atoms with Gasteiger partial charge in [-0.15, -0.1) is 0 Å². The normalized spacial score (nSPS) is 13.4. The molecule has 0 radical (unpaired) electrons. The lowest BCUT2D eigenvalue weighted by atomic mass is 9.93. The molecule has 2 N–H and O–H groups in total. The van der Waals surface area contributed by atoms with Gasteiger partial charge >= 0.3 is 6.18 Å². The van der Waals surface area contributed by atoms with Gasteiger partial charge in [-0.1, -0.05) is 42.6 Å². The summed E-state index contributed by atoms with van der Waals surface area (Å²) in [6, 6.07) is 8.39. The van der Waals surface area contributed by atoms with E-state index in [0.717, 1.165) is 31.5 Å². The van der Waals surface area contributed by atoms with Gasteiger partial charge in [0.25, 0.3) is 0 Å². The predicted octanol–water partition coefficient (Wildman–Crippen LogP) is 6.74. The molecule has 0 amide bonds. The van der Waals surface area contributed by atoms with E-state index in [1.54, 1.807) is 18.2 Å². The van der Waals surface area contributed by atoms with Crippen LogP contribution < -0.4 is 5.32 Å². The summed E-state index contributed by atoms with van der Waals surface area (Å²) >= 11 is 12.4. The van der Waals surface area contributed by atoms with Crippen LogP contribution in [0.3, 0.4) is 0 Å². The molecule has 0 saturated carbocycles. The lowest BCUT2D eigenvalue weighted by Gasteiger charge is -2.18. The topological polar surface area (TPSA) is 32.3 Å². The third-order valence-electron chi connectivity index (χ3n) is 4.75. The van der Waals surface area contributed by atoms with E-state index in [9.17, 15) is 18.3 Å². The van der Waals surface area contributed by atoms with Gasteiger partial charge < -0.3 is 10.4 Å². The Labute approximate surface area is 171 Å². The van der Waals surface area contributed by atoms with Gasteiger partial charge in [-0.2, -0.15) is 13.2 Å². The van der Waals surface area contributed by atoms with Crippen molar-refractivity contribution >= 4 is 44.7 Å². The van der Waals surface area contributed by atoms with Crippen LogP contribution in [-0.4, -0.2) is 18.2 Å². The molecule has 1 atom stereocenters. The summed E-state index contributed by atoms with van der Waals surface area (Å²) in [6.07, 6.45) is -3.35. The van der Waals surface area contributed by atoms with Crippen LogP contribution >= 0.6 is 23.2 Å². The molecule has 0 fully saturated rings. The first kappa shape index (κ1) is 21.2. The number of fused-ring (bicyclic) bond motifs is 3. The minimum atomic E-state index is -4.47. The molecule has 0 heterocycles. The lowest BCUT2D eigenvalue weighted by Crippen LogP contribution is -2.22. The van der Waals surface area contributed by atoms with E-state index in [1.165, 1.54) is 6.07 Å². The van der Waals surface area contributed by atoms with Crippen LogP contribution in [-0.2, 0) is 6.18 Å². The summed E-state index contributed by atoms with van der Waals surface area (Å²) in [7, 11) is 0. The highest BCUT2D eigenvalue weighted by Crippen LogP contribution is 2.40. The van der Waals surface area contributed by atoms with Crippen molar-refractivity contribution in [2.45, 2.75) is 32.0 Å². The Morgan fingerprint density at radius 2 is 1.71 bits per heavy atom. The fourth-order valence-electron chi connectivity index (χ4n) is 3.31. The van der Waals surface area contributed by atoms with Crippen molar-refractivity contribution in [1.82, 2.24) is 5.32 Å². The summed E-state index contributed by atoms with van der Waals surface area (Å²) < 4.78 is 39.8. The van der Waals surface area contributed by atoms with Gasteiger partial charge in [0.15, 0.2) is 0 Å². The van der Waals surface area contributed by atoms with Crippen molar-refractivity contribution in [3.63, 3.8) is 0 Å². The summed E-state index contributed by atoms with van der Waals surface area (Å²) in [6.45, 7) is 3.13. The van der Waals surface area contributed by atoms with E-state index >= 15 is 0 Å². The zero-order chi connectivity index (χ0) is 20.5. The number of aliphatic hydroxyl groups is 1. The molecule has 0 bridgehead atoms. The molecule has 3 aromatic rings. The number of unbranched alkanes of at least 4 members (excludes halogenated alkanes) is 1. The molecule has 0 aliphatic rings.